The molecule has 0 amide bonds. The summed E-state index contributed by atoms with van der Waals surface area (Å²) in [7, 11) is 0. The van der Waals surface area contributed by atoms with Crippen LogP contribution in [-0.4, -0.2) is 32.2 Å². The summed E-state index contributed by atoms with van der Waals surface area (Å²) in [5.41, 5.74) is 0. The molecule has 0 aromatic rings. The van der Waals surface area contributed by atoms with Gasteiger partial charge in [-0.3, -0.25) is 0 Å². The van der Waals surface area contributed by atoms with Gasteiger partial charge in [-0.2, -0.15) is 0 Å². The summed E-state index contributed by atoms with van der Waals surface area (Å²) in [6, 6.07) is 0. The summed E-state index contributed by atoms with van der Waals surface area (Å²) in [6.07, 6.45) is 0. The first-order valence-corrected chi connectivity index (χ1v) is 0.565. The first kappa shape index (κ1) is 59.2. The molecule has 0 spiro atoms. The molecule has 0 atom stereocenters. The van der Waals surface area contributed by atoms with Gasteiger partial charge in [0.25, 0.3) is 5.09 Å². The van der Waals surface area contributed by atoms with Crippen molar-refractivity contribution in [1.82, 2.24) is 0 Å². The van der Waals surface area contributed by atoms with Crippen LogP contribution < -0.4 is 0 Å². The van der Waals surface area contributed by atoms with Crippen molar-refractivity contribution in [2.75, 3.05) is 0 Å². The fourth-order valence-corrected chi connectivity index (χ4v) is 0. The zero-order chi connectivity index (χ0) is 3.58. The Balaban J connectivity index is -0.00000000450. The second-order valence-electron chi connectivity index (χ2n) is 0.238. The van der Waals surface area contributed by atoms with Crippen molar-refractivity contribution in [3.05, 3.63) is 10.1 Å². The monoisotopic (exact) mass is 310 g/mol. The first-order valence-electron chi connectivity index (χ1n) is 0.565. The minimum absolute atomic E-state index is 0. The van der Waals surface area contributed by atoms with Gasteiger partial charge in [-0.15, -0.1) is 10.1 Å². The van der Waals surface area contributed by atoms with Crippen molar-refractivity contribution in [3.63, 3.8) is 0 Å². The average molecular weight is 310 g/mol. The van der Waals surface area contributed by atoms with E-state index in [-0.39, 0.29) is 58.8 Å². The van der Waals surface area contributed by atoms with Crippen LogP contribution in [0.1, 0.15) is 0 Å². The van der Waals surface area contributed by atoms with E-state index in [1.165, 1.54) is 0 Å². The van der Waals surface area contributed by atoms with E-state index in [0.29, 0.717) is 0 Å². The predicted molar refractivity (Wildman–Crippen MR) is 23.2 cm³/mol. The van der Waals surface area contributed by atoms with Gasteiger partial charge in [-0.25, -0.2) is 0 Å². The van der Waals surface area contributed by atoms with E-state index in [2.05, 4.69) is 0 Å². The molecular formula is H9LuNO7. The van der Waals surface area contributed by atoms with Crippen molar-refractivity contribution in [3.8, 4) is 0 Å². The van der Waals surface area contributed by atoms with Gasteiger partial charge in [0.15, 0.2) is 0 Å². The van der Waals surface area contributed by atoms with Gasteiger partial charge in [0.05, 0.1) is 0 Å². The Labute approximate surface area is 79.0 Å². The van der Waals surface area contributed by atoms with Crippen LogP contribution in [0, 0.1) is 47.0 Å². The molecule has 8 nitrogen and oxygen atoms in total. The third-order valence-electron chi connectivity index (χ3n) is 0. The second kappa shape index (κ2) is 40.8. The van der Waals surface area contributed by atoms with Crippen molar-refractivity contribution in [2.24, 2.45) is 0 Å². The van der Waals surface area contributed by atoms with Crippen molar-refractivity contribution >= 4 is 0 Å². The van der Waals surface area contributed by atoms with Gasteiger partial charge in [-0.1, -0.05) is 0 Å². The summed E-state index contributed by atoms with van der Waals surface area (Å²) in [4.78, 5) is 8.36. The molecule has 0 aliphatic carbocycles. The molecular weight excluding hydrogens is 301 g/mol. The number of hydrogen-bond acceptors (Lipinski definition) is 2. The maximum atomic E-state index is 8.36. The normalized spacial score (nSPS) is 2.67. The predicted octanol–water partition coefficient (Wildman–Crippen LogP) is -3.65. The van der Waals surface area contributed by atoms with E-state index in [0.717, 1.165) is 0 Å². The molecule has 0 heterocycles. The molecule has 0 unspecified atom stereocenters. The van der Waals surface area contributed by atoms with Crippen LogP contribution in [0.25, 0.3) is 0 Å². The Morgan fingerprint density at radius 2 is 1.11 bits per heavy atom. The zero-order valence-corrected chi connectivity index (χ0v) is 5.63. The summed E-state index contributed by atoms with van der Waals surface area (Å²) < 4.78 is 0. The molecule has 1 radical (unpaired) electrons. The third-order valence-corrected chi connectivity index (χ3v) is 0. The Hall–Kier alpha value is 0.274. The Kier molecular flexibility index (Phi) is 269. The summed E-state index contributed by atoms with van der Waals surface area (Å²) in [5, 5.41) is 13.6. The number of nitrogens with zero attached hydrogens (tertiary/aromatic N) is 1. The van der Waals surface area contributed by atoms with E-state index >= 15 is 0 Å². The van der Waals surface area contributed by atoms with Gasteiger partial charge in [-0.05, 0) is 0 Å². The Morgan fingerprint density at radius 3 is 1.11 bits per heavy atom. The zero-order valence-electron chi connectivity index (χ0n) is 3.97. The molecule has 0 rings (SSSR count). The molecule has 71 valence electrons. The maximum Gasteiger partial charge on any atom is 0.291 e. The van der Waals surface area contributed by atoms with Crippen molar-refractivity contribution < 1.29 is 69.1 Å². The molecule has 0 aliphatic heterocycles. The summed E-state index contributed by atoms with van der Waals surface area (Å²) in [5.74, 6) is 0. The molecule has 0 aromatic heterocycles. The Morgan fingerprint density at radius 1 is 1.11 bits per heavy atom. The minimum Gasteiger partial charge on any atom is -0.412 e. The summed E-state index contributed by atoms with van der Waals surface area (Å²) in [6.45, 7) is 0. The topological polar surface area (TPSA) is 189 Å². The molecule has 9 heavy (non-hydrogen) atoms. The smallest absolute Gasteiger partial charge is 0.291 e. The molecule has 0 saturated carbocycles. The van der Waals surface area contributed by atoms with Crippen LogP contribution in [-0.2, 0) is 0 Å². The molecule has 9 N–H and O–H groups in total. The quantitative estimate of drug-likeness (QED) is 0.357. The fraction of sp³-hybridized carbons (Fsp3) is 0. The largest absolute Gasteiger partial charge is 0.412 e. The van der Waals surface area contributed by atoms with Gasteiger partial charge >= 0.3 is 0 Å². The van der Waals surface area contributed by atoms with Crippen LogP contribution in [0.15, 0.2) is 0 Å². The third kappa shape index (κ3) is 4350. The van der Waals surface area contributed by atoms with Crippen LogP contribution in [0.3, 0.4) is 0 Å². The summed E-state index contributed by atoms with van der Waals surface area (Å²) >= 11 is 0. The SMILES string of the molecule is O.O.O.O.O=[N+]([O-])O.[Lu]. The number of hydrogen-bond donors (Lipinski definition) is 1. The van der Waals surface area contributed by atoms with Crippen LogP contribution in [0.4, 0.5) is 0 Å². The molecule has 0 saturated heterocycles. The minimum atomic E-state index is -1.50. The fourth-order valence-electron chi connectivity index (χ4n) is 0. The van der Waals surface area contributed by atoms with Crippen LogP contribution >= 0.6 is 0 Å². The van der Waals surface area contributed by atoms with Gasteiger partial charge < -0.3 is 27.1 Å². The van der Waals surface area contributed by atoms with Gasteiger partial charge in [0, 0.05) is 36.9 Å². The standard InChI is InChI=1S/Lu.HNO3.4H2O/c;2-1(3)4;;;;/h;(H,2,3,4);4*1H2. The van der Waals surface area contributed by atoms with E-state index in [1.54, 1.807) is 0 Å². The van der Waals surface area contributed by atoms with E-state index in [9.17, 15) is 0 Å². The molecule has 0 aliphatic rings. The van der Waals surface area contributed by atoms with Crippen molar-refractivity contribution in [2.45, 2.75) is 0 Å². The molecule has 0 fully saturated rings. The van der Waals surface area contributed by atoms with Crippen LogP contribution in [0.5, 0.6) is 0 Å². The van der Waals surface area contributed by atoms with Gasteiger partial charge in [0.2, 0.25) is 0 Å². The molecule has 0 aromatic carbocycles. The Bertz CT molecular complexity index is 31.9. The van der Waals surface area contributed by atoms with E-state index in [1.807, 2.05) is 0 Å². The second-order valence-corrected chi connectivity index (χ2v) is 0.238. The van der Waals surface area contributed by atoms with Crippen LogP contribution in [0.2, 0.25) is 0 Å². The molecule has 0 bridgehead atoms. The van der Waals surface area contributed by atoms with Crippen molar-refractivity contribution in [1.29, 1.82) is 0 Å². The van der Waals surface area contributed by atoms with E-state index < -0.39 is 5.09 Å². The van der Waals surface area contributed by atoms with E-state index in [4.69, 9.17) is 15.3 Å². The molecule has 9 heteroatoms. The average Bonchev–Trinajstić information content (AvgIpc) is 0.811. The number of rotatable bonds is 0. The maximum absolute atomic E-state index is 8.36. The first-order chi connectivity index (χ1) is 1.73. The van der Waals surface area contributed by atoms with Gasteiger partial charge in [0.1, 0.15) is 0 Å².